The predicted molar refractivity (Wildman–Crippen MR) is 128 cm³/mol. The van der Waals surface area contributed by atoms with E-state index < -0.39 is 11.7 Å². The topological polar surface area (TPSA) is 37.3 Å². The monoisotopic (exact) mass is 489 g/mol. The molecule has 1 saturated carbocycles. The molecule has 4 rings (SSSR count). The molecular formula is C26H27ClF3N3O. The molecule has 0 atom stereocenters. The van der Waals surface area contributed by atoms with Crippen molar-refractivity contribution in [1.29, 1.82) is 0 Å². The first-order valence-corrected chi connectivity index (χ1v) is 11.8. The largest absolute Gasteiger partial charge is 0.416 e. The van der Waals surface area contributed by atoms with Gasteiger partial charge in [-0.05, 0) is 60.9 Å². The van der Waals surface area contributed by atoms with E-state index in [0.717, 1.165) is 55.5 Å². The van der Waals surface area contributed by atoms with Crippen LogP contribution in [0.3, 0.4) is 0 Å². The molecule has 0 aliphatic heterocycles. The Labute approximate surface area is 202 Å². The summed E-state index contributed by atoms with van der Waals surface area (Å²) in [5, 5.41) is 3.48. The Hall–Kier alpha value is -2.93. The molecule has 0 radical (unpaired) electrons. The molecule has 1 heterocycles. The van der Waals surface area contributed by atoms with Crippen LogP contribution in [0.5, 0.6) is 0 Å². The number of hydrogen-bond donors (Lipinski definition) is 1. The van der Waals surface area contributed by atoms with E-state index in [1.807, 2.05) is 47.5 Å². The van der Waals surface area contributed by atoms with Gasteiger partial charge in [0, 0.05) is 35.2 Å². The lowest BCUT2D eigenvalue weighted by atomic mass is 9.94. The lowest BCUT2D eigenvalue weighted by Crippen LogP contribution is -2.43. The third-order valence-corrected chi connectivity index (χ3v) is 6.66. The summed E-state index contributed by atoms with van der Waals surface area (Å²) in [5.41, 5.74) is 1.55. The zero-order valence-corrected chi connectivity index (χ0v) is 19.4. The summed E-state index contributed by atoms with van der Waals surface area (Å²) >= 11 is 6.34. The fourth-order valence-electron chi connectivity index (χ4n) is 4.43. The molecule has 0 spiro atoms. The summed E-state index contributed by atoms with van der Waals surface area (Å²) in [6.45, 7) is 0.982. The van der Waals surface area contributed by atoms with E-state index in [2.05, 4.69) is 9.88 Å². The van der Waals surface area contributed by atoms with Gasteiger partial charge in [0.2, 0.25) is 0 Å². The molecule has 0 unspecified atom stereocenters. The molecule has 0 bridgehead atoms. The summed E-state index contributed by atoms with van der Waals surface area (Å²) in [7, 11) is 0. The van der Waals surface area contributed by atoms with Crippen LogP contribution < -0.4 is 5.32 Å². The molecule has 3 aromatic rings. The maximum absolute atomic E-state index is 13.3. The highest BCUT2D eigenvalue weighted by atomic mass is 35.5. The van der Waals surface area contributed by atoms with Crippen LogP contribution in [0.25, 0.3) is 0 Å². The van der Waals surface area contributed by atoms with Gasteiger partial charge in [-0.3, -0.25) is 0 Å². The minimum atomic E-state index is -4.41. The number of amides is 2. The second-order valence-corrected chi connectivity index (χ2v) is 9.05. The van der Waals surface area contributed by atoms with E-state index in [1.54, 1.807) is 0 Å². The molecule has 4 nitrogen and oxygen atoms in total. The third kappa shape index (κ3) is 5.95. The predicted octanol–water partition coefficient (Wildman–Crippen LogP) is 7.58. The Balaban J connectivity index is 1.52. The van der Waals surface area contributed by atoms with Crippen LogP contribution in [0.2, 0.25) is 5.02 Å². The van der Waals surface area contributed by atoms with Crippen molar-refractivity contribution in [3.05, 3.63) is 88.7 Å². The van der Waals surface area contributed by atoms with Crippen molar-refractivity contribution in [2.24, 2.45) is 0 Å². The molecule has 1 aliphatic rings. The van der Waals surface area contributed by atoms with Crippen molar-refractivity contribution in [2.45, 2.75) is 57.4 Å². The number of nitrogens with zero attached hydrogens (tertiary/aromatic N) is 2. The van der Waals surface area contributed by atoms with Gasteiger partial charge in [-0.25, -0.2) is 4.79 Å². The molecule has 1 aromatic heterocycles. The van der Waals surface area contributed by atoms with E-state index in [4.69, 9.17) is 11.6 Å². The first kappa shape index (κ1) is 24.2. The first-order valence-electron chi connectivity index (χ1n) is 11.4. The van der Waals surface area contributed by atoms with Gasteiger partial charge in [0.1, 0.15) is 0 Å². The Morgan fingerprint density at radius 2 is 1.71 bits per heavy atom. The Morgan fingerprint density at radius 3 is 2.38 bits per heavy atom. The number of benzene rings is 2. The van der Waals surface area contributed by atoms with Gasteiger partial charge in [0.05, 0.1) is 12.1 Å². The molecule has 2 amide bonds. The quantitative estimate of drug-likeness (QED) is 0.381. The number of hydrogen-bond acceptors (Lipinski definition) is 1. The van der Waals surface area contributed by atoms with Crippen molar-refractivity contribution in [3.63, 3.8) is 0 Å². The number of alkyl halides is 3. The zero-order chi connectivity index (χ0) is 24.1. The molecule has 34 heavy (non-hydrogen) atoms. The lowest BCUT2D eigenvalue weighted by Gasteiger charge is -2.34. The second-order valence-electron chi connectivity index (χ2n) is 8.64. The van der Waals surface area contributed by atoms with Gasteiger partial charge in [-0.1, -0.05) is 49.1 Å². The number of carbonyl (C=O) groups excluding carboxylic acids is 1. The number of carbonyl (C=O) groups is 1. The summed E-state index contributed by atoms with van der Waals surface area (Å²) in [6, 6.07) is 15.9. The summed E-state index contributed by atoms with van der Waals surface area (Å²) < 4.78 is 40.7. The van der Waals surface area contributed by atoms with Crippen LogP contribution in [-0.4, -0.2) is 21.5 Å². The fraction of sp³-hybridized carbons (Fsp3) is 0.346. The Morgan fingerprint density at radius 1 is 1.00 bits per heavy atom. The number of rotatable bonds is 6. The van der Waals surface area contributed by atoms with Gasteiger partial charge in [-0.2, -0.15) is 13.2 Å². The van der Waals surface area contributed by atoms with E-state index >= 15 is 0 Å². The fourth-order valence-corrected chi connectivity index (χ4v) is 4.62. The number of halogens is 4. The van der Waals surface area contributed by atoms with Crippen LogP contribution in [0.15, 0.2) is 66.9 Å². The summed E-state index contributed by atoms with van der Waals surface area (Å²) in [6.07, 6.45) is 2.62. The average Bonchev–Trinajstić information content (AvgIpc) is 3.26. The van der Waals surface area contributed by atoms with E-state index in [1.165, 1.54) is 12.1 Å². The van der Waals surface area contributed by atoms with Crippen molar-refractivity contribution in [2.75, 3.05) is 5.32 Å². The Kier molecular flexibility index (Phi) is 7.51. The number of anilines is 1. The van der Waals surface area contributed by atoms with Crippen LogP contribution in [-0.2, 0) is 19.3 Å². The average molecular weight is 490 g/mol. The highest BCUT2D eigenvalue weighted by Gasteiger charge is 2.30. The van der Waals surface area contributed by atoms with Gasteiger partial charge in [0.25, 0.3) is 0 Å². The molecule has 180 valence electrons. The lowest BCUT2D eigenvalue weighted by molar-refractivity contribution is -0.137. The zero-order valence-electron chi connectivity index (χ0n) is 18.7. The summed E-state index contributed by atoms with van der Waals surface area (Å²) in [5.74, 6) is 0. The maximum atomic E-state index is 13.3. The van der Waals surface area contributed by atoms with Gasteiger partial charge in [0.15, 0.2) is 0 Å². The van der Waals surface area contributed by atoms with E-state index in [0.29, 0.717) is 23.8 Å². The minimum absolute atomic E-state index is 0.0758. The molecule has 2 aromatic carbocycles. The SMILES string of the molecule is O=C(Nc1ccc(C(F)(F)F)cc1)N(Cc1cccn1Cc1ccccc1Cl)C1CCCCC1. The molecule has 1 aliphatic carbocycles. The standard InChI is InChI=1S/C26H27ClF3N3O/c27-24-11-5-4-7-19(24)17-32-16-6-10-23(32)18-33(22-8-2-1-3-9-22)25(34)31-21-14-12-20(13-15-21)26(28,29)30/h4-7,10-16,22H,1-3,8-9,17-18H2,(H,31,34). The third-order valence-electron chi connectivity index (χ3n) is 6.29. The van der Waals surface area contributed by atoms with Crippen LogP contribution in [0, 0.1) is 0 Å². The number of nitrogens with one attached hydrogen (secondary N) is 1. The maximum Gasteiger partial charge on any atom is 0.416 e. The van der Waals surface area contributed by atoms with Gasteiger partial charge < -0.3 is 14.8 Å². The van der Waals surface area contributed by atoms with Crippen LogP contribution in [0.4, 0.5) is 23.7 Å². The molecule has 1 fully saturated rings. The molecular weight excluding hydrogens is 463 g/mol. The first-order chi connectivity index (χ1) is 16.3. The van der Waals surface area contributed by atoms with Crippen LogP contribution >= 0.6 is 11.6 Å². The smallest absolute Gasteiger partial charge is 0.345 e. The van der Waals surface area contributed by atoms with E-state index in [9.17, 15) is 18.0 Å². The van der Waals surface area contributed by atoms with Crippen LogP contribution in [0.1, 0.15) is 48.9 Å². The van der Waals surface area contributed by atoms with Crippen molar-refractivity contribution < 1.29 is 18.0 Å². The van der Waals surface area contributed by atoms with Gasteiger partial charge >= 0.3 is 12.2 Å². The normalized spacial score (nSPS) is 14.7. The summed E-state index contributed by atoms with van der Waals surface area (Å²) in [4.78, 5) is 15.1. The van der Waals surface area contributed by atoms with E-state index in [-0.39, 0.29) is 12.1 Å². The molecule has 8 heteroatoms. The Bertz CT molecular complexity index is 1100. The number of aromatic nitrogens is 1. The molecule has 0 saturated heterocycles. The molecule has 1 N–H and O–H groups in total. The highest BCUT2D eigenvalue weighted by Crippen LogP contribution is 2.30. The van der Waals surface area contributed by atoms with Gasteiger partial charge in [-0.15, -0.1) is 0 Å². The highest BCUT2D eigenvalue weighted by molar-refractivity contribution is 6.31. The number of urea groups is 1. The van der Waals surface area contributed by atoms with Crippen molar-refractivity contribution in [3.8, 4) is 0 Å². The second kappa shape index (κ2) is 10.6. The van der Waals surface area contributed by atoms with Crippen molar-refractivity contribution >= 4 is 23.3 Å². The minimum Gasteiger partial charge on any atom is -0.345 e. The van der Waals surface area contributed by atoms with Crippen molar-refractivity contribution in [1.82, 2.24) is 9.47 Å².